The molecular formula is C39H75N3O12. The Kier molecular flexibility index (Phi) is 16.8. The Morgan fingerprint density at radius 3 is 2.15 bits per heavy atom. The van der Waals surface area contributed by atoms with Gasteiger partial charge in [-0.25, -0.2) is 0 Å². The molecule has 15 heteroatoms. The zero-order valence-corrected chi connectivity index (χ0v) is 34.9. The van der Waals surface area contributed by atoms with Crippen molar-refractivity contribution in [3.8, 4) is 0 Å². The largest absolute Gasteiger partial charge is 0.459 e. The molecule has 3 saturated heterocycles. The molecule has 0 saturated carbocycles. The molecule has 0 aromatic rings. The lowest BCUT2D eigenvalue weighted by atomic mass is 9.77. The Balaban J connectivity index is 2.15. The van der Waals surface area contributed by atoms with Gasteiger partial charge in [0.15, 0.2) is 12.6 Å². The highest BCUT2D eigenvalue weighted by Gasteiger charge is 2.52. The van der Waals surface area contributed by atoms with Crippen molar-refractivity contribution in [2.24, 2.45) is 23.5 Å². The first-order chi connectivity index (χ1) is 24.9. The molecule has 0 bridgehead atoms. The minimum absolute atomic E-state index is 0.121. The number of rotatable bonds is 9. The first-order valence-electron chi connectivity index (χ1n) is 20.0. The molecule has 0 amide bonds. The lowest BCUT2D eigenvalue weighted by Gasteiger charge is -2.48. The van der Waals surface area contributed by atoms with Crippen molar-refractivity contribution in [2.75, 3.05) is 33.7 Å². The van der Waals surface area contributed by atoms with Crippen molar-refractivity contribution >= 4 is 5.97 Å². The molecule has 3 aliphatic rings. The van der Waals surface area contributed by atoms with Crippen LogP contribution in [0.5, 0.6) is 0 Å². The molecule has 3 heterocycles. The summed E-state index contributed by atoms with van der Waals surface area (Å²) in [6.45, 7) is 18.6. The third kappa shape index (κ3) is 11.1. The highest BCUT2D eigenvalue weighted by atomic mass is 16.7. The molecule has 0 spiro atoms. The van der Waals surface area contributed by atoms with E-state index in [1.165, 1.54) is 13.8 Å². The molecule has 18 atom stereocenters. The van der Waals surface area contributed by atoms with Gasteiger partial charge in [0, 0.05) is 31.0 Å². The minimum atomic E-state index is -1.82. The summed E-state index contributed by atoms with van der Waals surface area (Å²) in [6.07, 6.45) is -8.63. The maximum absolute atomic E-state index is 14.2. The molecule has 0 radical (unpaired) electrons. The maximum atomic E-state index is 14.2. The van der Waals surface area contributed by atoms with E-state index in [9.17, 15) is 35.4 Å². The molecule has 0 aromatic heterocycles. The quantitative estimate of drug-likeness (QED) is 0.162. The van der Waals surface area contributed by atoms with Crippen LogP contribution in [0.4, 0.5) is 0 Å². The number of aliphatic hydroxyl groups excluding tert-OH is 3. The van der Waals surface area contributed by atoms with Crippen LogP contribution in [0.1, 0.15) is 101 Å². The van der Waals surface area contributed by atoms with E-state index >= 15 is 0 Å². The zero-order valence-electron chi connectivity index (χ0n) is 34.9. The zero-order chi connectivity index (χ0) is 41.1. The van der Waals surface area contributed by atoms with Crippen LogP contribution in [0.2, 0.25) is 0 Å². The Bertz CT molecular complexity index is 1180. The topological polar surface area (TPSA) is 217 Å². The molecular weight excluding hydrogens is 702 g/mol. The summed E-state index contributed by atoms with van der Waals surface area (Å²) in [5.74, 6) is -2.77. The summed E-state index contributed by atoms with van der Waals surface area (Å²) in [7, 11) is 3.75. The van der Waals surface area contributed by atoms with E-state index in [0.717, 1.165) is 6.42 Å². The van der Waals surface area contributed by atoms with Crippen molar-refractivity contribution in [2.45, 2.75) is 192 Å². The number of aliphatic hydroxyl groups is 6. The van der Waals surface area contributed by atoms with Crippen molar-refractivity contribution < 1.29 is 59.1 Å². The van der Waals surface area contributed by atoms with Gasteiger partial charge >= 0.3 is 5.97 Å². The molecule has 8 N–H and O–H groups in total. The molecule has 3 rings (SSSR count). The Labute approximate surface area is 323 Å². The predicted octanol–water partition coefficient (Wildman–Crippen LogP) is 0.966. The summed E-state index contributed by atoms with van der Waals surface area (Å²) in [6, 6.07) is -0.877. The molecule has 318 valence electrons. The second-order valence-corrected chi connectivity index (χ2v) is 17.7. The van der Waals surface area contributed by atoms with E-state index in [2.05, 4.69) is 0 Å². The number of esters is 1. The van der Waals surface area contributed by atoms with Crippen molar-refractivity contribution in [3.63, 3.8) is 0 Å². The Morgan fingerprint density at radius 2 is 1.57 bits per heavy atom. The molecule has 7 unspecified atom stereocenters. The Morgan fingerprint density at radius 1 is 0.944 bits per heavy atom. The fraction of sp³-hybridized carbons (Fsp3) is 0.974. The van der Waals surface area contributed by atoms with Gasteiger partial charge in [0.2, 0.25) is 0 Å². The van der Waals surface area contributed by atoms with Crippen LogP contribution in [0.25, 0.3) is 0 Å². The van der Waals surface area contributed by atoms with Crippen LogP contribution in [0, 0.1) is 17.8 Å². The van der Waals surface area contributed by atoms with Crippen molar-refractivity contribution in [1.29, 1.82) is 0 Å². The minimum Gasteiger partial charge on any atom is -0.459 e. The normalized spacial score (nSPS) is 48.2. The molecule has 54 heavy (non-hydrogen) atoms. The fourth-order valence-electron chi connectivity index (χ4n) is 8.98. The highest BCUT2D eigenvalue weighted by Crippen LogP contribution is 2.39. The average Bonchev–Trinajstić information content (AvgIpc) is 3.08. The van der Waals surface area contributed by atoms with E-state index in [4.69, 9.17) is 29.4 Å². The molecule has 3 fully saturated rings. The summed E-state index contributed by atoms with van der Waals surface area (Å²) in [5, 5.41) is 69.2. The molecule has 0 aliphatic carbocycles. The lowest BCUT2D eigenvalue weighted by molar-refractivity contribution is -0.316. The summed E-state index contributed by atoms with van der Waals surface area (Å²) < 4.78 is 31.6. The SMILES string of the molecule is CC[C@H]1OC(=O)C(C)[C@@H](O[C@H]2C[C@@](C)(O)[C@@H](O)C(C)O2)[C@H](C)[C@@H](OC2OC(C)CC(N(C)CCCN)[C@H]2O)[C@](C)(O)C[C@@H](C)CN(C)C(C)C(O)[C@]1(C)O. The van der Waals surface area contributed by atoms with Crippen LogP contribution in [0.3, 0.4) is 0 Å². The number of cyclic esters (lactones) is 1. The fourth-order valence-corrected chi connectivity index (χ4v) is 8.98. The van der Waals surface area contributed by atoms with Gasteiger partial charge in [0.25, 0.3) is 0 Å². The van der Waals surface area contributed by atoms with Crippen LogP contribution in [-0.2, 0) is 28.5 Å². The van der Waals surface area contributed by atoms with Crippen molar-refractivity contribution in [1.82, 2.24) is 9.80 Å². The summed E-state index contributed by atoms with van der Waals surface area (Å²) in [5.41, 5.74) is 0.788. The number of likely N-dealkylation sites (N-methyl/N-ethyl adjacent to an activating group) is 2. The first kappa shape index (κ1) is 47.3. The number of carbonyl (C=O) groups is 1. The van der Waals surface area contributed by atoms with E-state index in [1.54, 1.807) is 41.5 Å². The van der Waals surface area contributed by atoms with Gasteiger partial charge in [0.1, 0.15) is 30.0 Å². The van der Waals surface area contributed by atoms with Crippen LogP contribution < -0.4 is 5.73 Å². The second kappa shape index (κ2) is 19.1. The van der Waals surface area contributed by atoms with Crippen LogP contribution in [0.15, 0.2) is 0 Å². The number of hydrogen-bond donors (Lipinski definition) is 7. The van der Waals surface area contributed by atoms with Gasteiger partial charge in [-0.1, -0.05) is 20.8 Å². The average molecular weight is 778 g/mol. The maximum Gasteiger partial charge on any atom is 0.311 e. The third-order valence-electron chi connectivity index (χ3n) is 12.4. The van der Waals surface area contributed by atoms with E-state index in [1.807, 2.05) is 37.7 Å². The van der Waals surface area contributed by atoms with Gasteiger partial charge in [-0.3, -0.25) is 4.79 Å². The smallest absolute Gasteiger partial charge is 0.311 e. The number of nitrogens with zero attached hydrogens (tertiary/aromatic N) is 2. The van der Waals surface area contributed by atoms with Gasteiger partial charge in [-0.2, -0.15) is 0 Å². The van der Waals surface area contributed by atoms with E-state index in [-0.39, 0.29) is 37.3 Å². The highest BCUT2D eigenvalue weighted by molar-refractivity contribution is 5.73. The van der Waals surface area contributed by atoms with Crippen LogP contribution in [-0.4, -0.2) is 170 Å². The Hall–Kier alpha value is -1.05. The summed E-state index contributed by atoms with van der Waals surface area (Å²) >= 11 is 0. The number of nitrogens with two attached hydrogens (primary N) is 1. The first-order valence-corrected chi connectivity index (χ1v) is 20.0. The van der Waals surface area contributed by atoms with Gasteiger partial charge in [-0.15, -0.1) is 0 Å². The van der Waals surface area contributed by atoms with Gasteiger partial charge in [-0.05, 0) is 107 Å². The number of hydrogen-bond acceptors (Lipinski definition) is 15. The van der Waals surface area contributed by atoms with E-state index < -0.39 is 96.0 Å². The lowest BCUT2D eigenvalue weighted by Crippen LogP contribution is -2.60. The second-order valence-electron chi connectivity index (χ2n) is 17.7. The predicted molar refractivity (Wildman–Crippen MR) is 202 cm³/mol. The number of ether oxygens (including phenoxy) is 5. The van der Waals surface area contributed by atoms with Gasteiger partial charge in [0.05, 0.1) is 41.5 Å². The van der Waals surface area contributed by atoms with Gasteiger partial charge < -0.3 is 69.9 Å². The molecule has 3 aliphatic heterocycles. The molecule has 15 nitrogen and oxygen atoms in total. The molecule has 0 aromatic carbocycles. The summed E-state index contributed by atoms with van der Waals surface area (Å²) in [4.78, 5) is 18.1. The monoisotopic (exact) mass is 778 g/mol. The van der Waals surface area contributed by atoms with E-state index in [0.29, 0.717) is 26.1 Å². The van der Waals surface area contributed by atoms with Crippen molar-refractivity contribution in [3.05, 3.63) is 0 Å². The van der Waals surface area contributed by atoms with Crippen LogP contribution >= 0.6 is 0 Å². The number of carbonyl (C=O) groups excluding carboxylic acids is 1. The third-order valence-corrected chi connectivity index (χ3v) is 12.4. The standard InChI is InChI=1S/C39H75N3O12/c1-13-28-39(10,49)32(44)25(6)42(12)20-21(2)18-38(9,48)34(54-36-30(43)27(17-22(3)50-36)41(11)16-14-15-40)23(4)31(24(5)35(46)52-28)53-29-19-37(8,47)33(45)26(7)51-29/h21-34,36,43-45,47-49H,13-20,40H2,1-12H3/t21-,22?,23+,24?,25?,26?,27?,28-,29+,30-,31+,32?,33+,34-,36?,37-,38-,39-/m1/s1.